The van der Waals surface area contributed by atoms with Crippen molar-refractivity contribution < 1.29 is 28.0 Å². The number of aliphatic hydroxyl groups is 1. The van der Waals surface area contributed by atoms with Gasteiger partial charge in [0.2, 0.25) is 0 Å². The lowest BCUT2D eigenvalue weighted by atomic mass is 9.98. The number of rotatable bonds is 11. The summed E-state index contributed by atoms with van der Waals surface area (Å²) in [6.07, 6.45) is 2.69. The summed E-state index contributed by atoms with van der Waals surface area (Å²) < 4.78 is 37.5. The maximum Gasteiger partial charge on any atom is 0.530 e. The first kappa shape index (κ1) is 33.9. The van der Waals surface area contributed by atoms with Crippen molar-refractivity contribution in [3.63, 3.8) is 0 Å². The van der Waals surface area contributed by atoms with Crippen molar-refractivity contribution in [2.45, 2.75) is 91.8 Å². The number of aromatic nitrogens is 2. The van der Waals surface area contributed by atoms with Crippen molar-refractivity contribution in [2.75, 3.05) is 19.7 Å². The van der Waals surface area contributed by atoms with Gasteiger partial charge in [-0.2, -0.15) is 4.98 Å². The molecule has 1 aromatic carbocycles. The van der Waals surface area contributed by atoms with Gasteiger partial charge in [0, 0.05) is 37.7 Å². The molecule has 12 heteroatoms. The summed E-state index contributed by atoms with van der Waals surface area (Å²) >= 11 is 0. The Labute approximate surface area is 260 Å². The van der Waals surface area contributed by atoms with Crippen molar-refractivity contribution >= 4 is 20.0 Å². The molecule has 1 fully saturated rings. The van der Waals surface area contributed by atoms with Gasteiger partial charge in [-0.25, -0.2) is 14.4 Å². The number of aliphatic imine (C=N–C) groups is 1. The molecule has 44 heavy (non-hydrogen) atoms. The molecule has 1 saturated heterocycles. The normalized spacial score (nSPS) is 24.3. The first-order valence-corrected chi connectivity index (χ1v) is 16.7. The van der Waals surface area contributed by atoms with E-state index < -0.39 is 31.4 Å². The number of hydrogen-bond acceptors (Lipinski definition) is 9. The Bertz CT molecular complexity index is 1480. The van der Waals surface area contributed by atoms with E-state index in [0.29, 0.717) is 29.6 Å². The van der Waals surface area contributed by atoms with Gasteiger partial charge in [-0.05, 0) is 38.2 Å². The third-order valence-corrected chi connectivity index (χ3v) is 8.78. The summed E-state index contributed by atoms with van der Waals surface area (Å²) in [5.74, 6) is 7.55. The molecular weight excluding hydrogens is 583 g/mol. The Morgan fingerprint density at radius 2 is 1.95 bits per heavy atom. The molecule has 0 spiro atoms. The number of para-hydroxylation sites is 1. The lowest BCUT2D eigenvalue weighted by Crippen LogP contribution is -2.30. The first-order valence-electron chi connectivity index (χ1n) is 15.3. The van der Waals surface area contributed by atoms with Crippen molar-refractivity contribution in [3.8, 4) is 17.6 Å². The quantitative estimate of drug-likeness (QED) is 0.108. The molecule has 1 N–H and O–H groups in total. The largest absolute Gasteiger partial charge is 0.530 e. The molecule has 4 atom stereocenters. The summed E-state index contributed by atoms with van der Waals surface area (Å²) in [6, 6.07) is 7.26. The van der Waals surface area contributed by atoms with Crippen LogP contribution in [0.15, 0.2) is 40.2 Å². The van der Waals surface area contributed by atoms with Crippen molar-refractivity contribution in [1.29, 1.82) is 0 Å². The minimum Gasteiger partial charge on any atom is -0.404 e. The van der Waals surface area contributed by atoms with E-state index in [1.807, 2.05) is 32.9 Å². The highest BCUT2D eigenvalue weighted by atomic mass is 31.2. The highest BCUT2D eigenvalue weighted by molar-refractivity contribution is 7.49. The van der Waals surface area contributed by atoms with Gasteiger partial charge in [-0.1, -0.05) is 64.7 Å². The van der Waals surface area contributed by atoms with Gasteiger partial charge in [-0.15, -0.1) is 0 Å². The number of fused-ring (bicyclic) bond motifs is 1. The van der Waals surface area contributed by atoms with Crippen LogP contribution in [0.25, 0.3) is 0 Å². The zero-order chi connectivity index (χ0) is 32.1. The average Bonchev–Trinajstić information content (AvgIpc) is 3.31. The van der Waals surface area contributed by atoms with Crippen LogP contribution in [-0.2, 0) is 24.0 Å². The SMILES string of the molecule is CCC1OC(n2cc(C#CCCOP3(=O)Oc4ccccc4C(C)(C)O3)c(/N=C/N(CC(C)C)CC(C)C)nc2=O)CC1O. The van der Waals surface area contributed by atoms with Gasteiger partial charge in [0.15, 0.2) is 5.82 Å². The number of benzene rings is 1. The molecule has 2 aliphatic heterocycles. The molecule has 4 rings (SSSR count). The molecule has 0 radical (unpaired) electrons. The van der Waals surface area contributed by atoms with Gasteiger partial charge in [0.25, 0.3) is 0 Å². The molecule has 0 saturated carbocycles. The van der Waals surface area contributed by atoms with Crippen LogP contribution in [0.1, 0.15) is 85.1 Å². The first-order chi connectivity index (χ1) is 20.8. The van der Waals surface area contributed by atoms with Crippen LogP contribution in [0.4, 0.5) is 5.82 Å². The molecular formula is C32H45N4O7P. The van der Waals surface area contributed by atoms with E-state index in [1.165, 1.54) is 4.57 Å². The minimum atomic E-state index is -3.87. The number of aliphatic hydroxyl groups excluding tert-OH is 1. The number of phosphoric acid groups is 1. The van der Waals surface area contributed by atoms with Crippen LogP contribution in [0.3, 0.4) is 0 Å². The average molecular weight is 629 g/mol. The van der Waals surface area contributed by atoms with E-state index in [-0.39, 0.29) is 31.4 Å². The second-order valence-electron chi connectivity index (χ2n) is 12.5. The second-order valence-corrected chi connectivity index (χ2v) is 14.0. The third kappa shape index (κ3) is 8.58. The fourth-order valence-corrected chi connectivity index (χ4v) is 6.80. The Balaban J connectivity index is 1.55. The van der Waals surface area contributed by atoms with E-state index in [2.05, 4.69) is 54.4 Å². The van der Waals surface area contributed by atoms with Crippen LogP contribution >= 0.6 is 7.82 Å². The van der Waals surface area contributed by atoms with E-state index >= 15 is 0 Å². The van der Waals surface area contributed by atoms with Gasteiger partial charge in [-0.3, -0.25) is 13.6 Å². The van der Waals surface area contributed by atoms with Crippen LogP contribution in [0.5, 0.6) is 5.75 Å². The zero-order valence-corrected chi connectivity index (χ0v) is 27.6. The van der Waals surface area contributed by atoms with Crippen molar-refractivity contribution in [1.82, 2.24) is 14.5 Å². The van der Waals surface area contributed by atoms with Crippen LogP contribution in [0, 0.1) is 23.7 Å². The zero-order valence-electron chi connectivity index (χ0n) is 26.7. The van der Waals surface area contributed by atoms with Gasteiger partial charge in [0.05, 0.1) is 30.7 Å². The van der Waals surface area contributed by atoms with Crippen LogP contribution in [-0.4, -0.2) is 57.8 Å². The molecule has 240 valence electrons. The summed E-state index contributed by atoms with van der Waals surface area (Å²) in [5, 5.41) is 10.4. The van der Waals surface area contributed by atoms with Crippen molar-refractivity contribution in [2.24, 2.45) is 16.8 Å². The smallest absolute Gasteiger partial charge is 0.404 e. The lowest BCUT2D eigenvalue weighted by molar-refractivity contribution is -0.0217. The second kappa shape index (κ2) is 14.4. The summed E-state index contributed by atoms with van der Waals surface area (Å²) in [7, 11) is -3.87. The maximum atomic E-state index is 13.3. The lowest BCUT2D eigenvalue weighted by Gasteiger charge is -2.35. The Morgan fingerprint density at radius 3 is 2.61 bits per heavy atom. The Morgan fingerprint density at radius 1 is 1.25 bits per heavy atom. The third-order valence-electron chi connectivity index (χ3n) is 7.18. The highest BCUT2D eigenvalue weighted by Gasteiger charge is 2.44. The monoisotopic (exact) mass is 628 g/mol. The summed E-state index contributed by atoms with van der Waals surface area (Å²) in [5.41, 5.74) is -0.185. The predicted molar refractivity (Wildman–Crippen MR) is 169 cm³/mol. The standard InChI is InChI=1S/C32H45N4O7P/c1-8-27-26(37)17-29(41-27)36-20-24(30(34-31(36)38)33-21-35(18-22(2)3)19-23(4)5)13-11-12-16-40-44(39)42-28-15-10-9-14-25(28)32(6,7)43-44/h9-10,14-15,20-23,26-27,29,37H,8,12,16-19H2,1-7H3/b33-21+. The highest BCUT2D eigenvalue weighted by Crippen LogP contribution is 2.60. The van der Waals surface area contributed by atoms with Gasteiger partial charge < -0.3 is 19.3 Å². The fourth-order valence-electron chi connectivity index (χ4n) is 5.28. The molecule has 4 unspecified atom stereocenters. The molecule has 0 amide bonds. The topological polar surface area (TPSA) is 125 Å². The Kier molecular flexibility index (Phi) is 11.1. The number of nitrogens with zero attached hydrogens (tertiary/aromatic N) is 4. The van der Waals surface area contributed by atoms with E-state index in [4.69, 9.17) is 18.3 Å². The number of ether oxygens (including phenoxy) is 1. The summed E-state index contributed by atoms with van der Waals surface area (Å²) in [4.78, 5) is 24.0. The summed E-state index contributed by atoms with van der Waals surface area (Å²) in [6.45, 7) is 15.7. The van der Waals surface area contributed by atoms with E-state index in [9.17, 15) is 14.5 Å². The molecule has 2 aromatic rings. The van der Waals surface area contributed by atoms with E-state index in [1.54, 1.807) is 24.7 Å². The molecule has 3 heterocycles. The van der Waals surface area contributed by atoms with Crippen LogP contribution in [0.2, 0.25) is 0 Å². The van der Waals surface area contributed by atoms with Gasteiger partial charge in [0.1, 0.15) is 17.6 Å². The molecule has 11 nitrogen and oxygen atoms in total. The van der Waals surface area contributed by atoms with Gasteiger partial charge >= 0.3 is 13.5 Å². The number of hydrogen-bond donors (Lipinski definition) is 1. The van der Waals surface area contributed by atoms with Crippen LogP contribution < -0.4 is 10.2 Å². The molecule has 0 bridgehead atoms. The van der Waals surface area contributed by atoms with E-state index in [0.717, 1.165) is 18.7 Å². The Hall–Kier alpha value is -3.00. The maximum absolute atomic E-state index is 13.3. The number of phosphoric ester groups is 1. The minimum absolute atomic E-state index is 0.0130. The molecule has 0 aliphatic carbocycles. The molecule has 1 aromatic heterocycles. The predicted octanol–water partition coefficient (Wildman–Crippen LogP) is 5.79. The molecule has 2 aliphatic rings. The van der Waals surface area contributed by atoms with Crippen molar-refractivity contribution in [3.05, 3.63) is 52.1 Å². The fraction of sp³-hybridized carbons (Fsp3) is 0.594.